The number of rotatable bonds is 5. The summed E-state index contributed by atoms with van der Waals surface area (Å²) in [4.78, 5) is 32.7. The number of anilines is 2. The molecule has 0 spiro atoms. The smallest absolute Gasteiger partial charge is 0.241 e. The van der Waals surface area contributed by atoms with Crippen LogP contribution in [0.25, 0.3) is 10.8 Å². The van der Waals surface area contributed by atoms with Crippen molar-refractivity contribution in [2.45, 2.75) is 25.9 Å². The summed E-state index contributed by atoms with van der Waals surface area (Å²) in [6.07, 6.45) is -0.340. The highest BCUT2D eigenvalue weighted by Crippen LogP contribution is 2.34. The Morgan fingerprint density at radius 3 is 2.68 bits per heavy atom. The molecule has 1 saturated heterocycles. The van der Waals surface area contributed by atoms with E-state index in [1.54, 1.807) is 4.90 Å². The van der Waals surface area contributed by atoms with Crippen molar-refractivity contribution in [2.24, 2.45) is 10.9 Å². The molecule has 2 atom stereocenters. The molecule has 3 aromatic carbocycles. The zero-order chi connectivity index (χ0) is 23.7. The van der Waals surface area contributed by atoms with Gasteiger partial charge in [-0.05, 0) is 35.1 Å². The van der Waals surface area contributed by atoms with Crippen molar-refractivity contribution in [1.82, 2.24) is 10.9 Å². The van der Waals surface area contributed by atoms with E-state index in [2.05, 4.69) is 30.0 Å². The molecule has 5 rings (SSSR count). The van der Waals surface area contributed by atoms with Gasteiger partial charge < -0.3 is 5.32 Å². The molecule has 3 N–H and O–H groups in total. The Hall–Kier alpha value is -3.20. The van der Waals surface area contributed by atoms with Crippen molar-refractivity contribution < 1.29 is 9.59 Å². The Balaban J connectivity index is 1.38. The van der Waals surface area contributed by atoms with Gasteiger partial charge in [0.05, 0.1) is 17.4 Å². The van der Waals surface area contributed by atoms with E-state index < -0.39 is 0 Å². The van der Waals surface area contributed by atoms with E-state index in [0.29, 0.717) is 17.6 Å². The number of thioether (sulfide) groups is 1. The van der Waals surface area contributed by atoms with Gasteiger partial charge in [-0.25, -0.2) is 10.4 Å². The average Bonchev–Trinajstić information content (AvgIpc) is 3.32. The van der Waals surface area contributed by atoms with Crippen LogP contribution in [-0.4, -0.2) is 35.4 Å². The SMILES string of the molecule is CC(C)c1ccc(NC(=O)CSC2=NC3NNCC3C(=O)N2c2cccc3ccccc23)cc1. The zero-order valence-electron chi connectivity index (χ0n) is 19.1. The van der Waals surface area contributed by atoms with Crippen molar-refractivity contribution in [2.75, 3.05) is 22.5 Å². The van der Waals surface area contributed by atoms with Gasteiger partial charge in [0.15, 0.2) is 5.17 Å². The molecular formula is C26H27N5O2S. The van der Waals surface area contributed by atoms with Crippen LogP contribution in [-0.2, 0) is 9.59 Å². The predicted molar refractivity (Wildman–Crippen MR) is 139 cm³/mol. The number of carbonyl (C=O) groups excluding carboxylic acids is 2. The minimum absolute atomic E-state index is 0.0268. The summed E-state index contributed by atoms with van der Waals surface area (Å²) in [6.45, 7) is 4.79. The summed E-state index contributed by atoms with van der Waals surface area (Å²) in [5, 5.41) is 5.48. The van der Waals surface area contributed by atoms with Gasteiger partial charge >= 0.3 is 0 Å². The van der Waals surface area contributed by atoms with E-state index in [1.165, 1.54) is 17.3 Å². The number of carbonyl (C=O) groups is 2. The van der Waals surface area contributed by atoms with Crippen LogP contribution in [0.15, 0.2) is 71.7 Å². The highest BCUT2D eigenvalue weighted by Gasteiger charge is 2.42. The lowest BCUT2D eigenvalue weighted by Gasteiger charge is -2.33. The maximum absolute atomic E-state index is 13.5. The third-order valence-electron chi connectivity index (χ3n) is 6.13. The molecule has 2 aliphatic rings. The monoisotopic (exact) mass is 473 g/mol. The molecule has 0 aromatic heterocycles. The Bertz CT molecular complexity index is 1250. The summed E-state index contributed by atoms with van der Waals surface area (Å²) < 4.78 is 0. The molecule has 2 heterocycles. The van der Waals surface area contributed by atoms with Crippen molar-refractivity contribution >= 4 is 50.9 Å². The number of benzene rings is 3. The molecule has 2 amide bonds. The fourth-order valence-corrected chi connectivity index (χ4v) is 5.11. The standard InChI is InChI=1S/C26H27N5O2S/c1-16(2)17-10-12-19(13-11-17)28-23(32)15-34-26-29-24-21(14-27-30-24)25(33)31(26)22-9-5-7-18-6-3-4-8-20(18)22/h3-13,16,21,24,27,30H,14-15H2,1-2H3,(H,28,32). The lowest BCUT2D eigenvalue weighted by molar-refractivity contribution is -0.121. The first-order valence-electron chi connectivity index (χ1n) is 11.4. The summed E-state index contributed by atoms with van der Waals surface area (Å²) in [5.41, 5.74) is 8.87. The van der Waals surface area contributed by atoms with Gasteiger partial charge in [0.1, 0.15) is 6.17 Å². The maximum Gasteiger partial charge on any atom is 0.241 e. The second-order valence-corrected chi connectivity index (χ2v) is 9.72. The van der Waals surface area contributed by atoms with E-state index in [9.17, 15) is 9.59 Å². The van der Waals surface area contributed by atoms with Crippen LogP contribution < -0.4 is 21.1 Å². The molecule has 0 radical (unpaired) electrons. The molecule has 8 heteroatoms. The molecule has 7 nitrogen and oxygen atoms in total. The first-order chi connectivity index (χ1) is 16.5. The lowest BCUT2D eigenvalue weighted by atomic mass is 10.0. The second kappa shape index (κ2) is 9.58. The van der Waals surface area contributed by atoms with Crippen LogP contribution in [0.4, 0.5) is 11.4 Å². The molecular weight excluding hydrogens is 446 g/mol. The fourth-order valence-electron chi connectivity index (χ4n) is 4.27. The Kier molecular flexibility index (Phi) is 6.36. The van der Waals surface area contributed by atoms with E-state index in [0.717, 1.165) is 22.1 Å². The van der Waals surface area contributed by atoms with Gasteiger partial charge in [-0.1, -0.05) is 74.1 Å². The highest BCUT2D eigenvalue weighted by molar-refractivity contribution is 8.14. The van der Waals surface area contributed by atoms with Crippen LogP contribution in [0, 0.1) is 5.92 Å². The fraction of sp³-hybridized carbons (Fsp3) is 0.269. The first kappa shape index (κ1) is 22.6. The van der Waals surface area contributed by atoms with E-state index in [-0.39, 0.29) is 29.7 Å². The minimum Gasteiger partial charge on any atom is -0.325 e. The van der Waals surface area contributed by atoms with Gasteiger partial charge in [0, 0.05) is 17.6 Å². The Morgan fingerprint density at radius 2 is 1.88 bits per heavy atom. The Morgan fingerprint density at radius 1 is 1.12 bits per heavy atom. The normalized spacial score (nSPS) is 19.9. The van der Waals surface area contributed by atoms with E-state index in [1.807, 2.05) is 66.7 Å². The Labute approximate surface area is 203 Å². The topological polar surface area (TPSA) is 85.8 Å². The van der Waals surface area contributed by atoms with Gasteiger partial charge in [-0.2, -0.15) is 0 Å². The van der Waals surface area contributed by atoms with Crippen LogP contribution in [0.1, 0.15) is 25.3 Å². The average molecular weight is 474 g/mol. The van der Waals surface area contributed by atoms with Crippen molar-refractivity contribution in [1.29, 1.82) is 0 Å². The quantitative estimate of drug-likeness (QED) is 0.520. The third kappa shape index (κ3) is 4.44. The van der Waals surface area contributed by atoms with Crippen LogP contribution >= 0.6 is 11.8 Å². The van der Waals surface area contributed by atoms with Crippen molar-refractivity contribution in [3.05, 3.63) is 72.3 Å². The number of amides is 2. The third-order valence-corrected chi connectivity index (χ3v) is 7.09. The van der Waals surface area contributed by atoms with Crippen LogP contribution in [0.5, 0.6) is 0 Å². The number of hydrogen-bond donors (Lipinski definition) is 3. The number of aliphatic imine (C=N–C) groups is 1. The molecule has 2 aliphatic heterocycles. The number of nitrogens with one attached hydrogen (secondary N) is 3. The first-order valence-corrected chi connectivity index (χ1v) is 12.4. The summed E-state index contributed by atoms with van der Waals surface area (Å²) >= 11 is 1.27. The molecule has 2 unspecified atom stereocenters. The van der Waals surface area contributed by atoms with Crippen molar-refractivity contribution in [3.63, 3.8) is 0 Å². The van der Waals surface area contributed by atoms with Gasteiger partial charge in [0.25, 0.3) is 0 Å². The number of hydrazine groups is 1. The van der Waals surface area contributed by atoms with E-state index >= 15 is 0 Å². The van der Waals surface area contributed by atoms with Gasteiger partial charge in [-0.15, -0.1) is 0 Å². The van der Waals surface area contributed by atoms with Crippen LogP contribution in [0.2, 0.25) is 0 Å². The van der Waals surface area contributed by atoms with E-state index in [4.69, 9.17) is 4.99 Å². The molecule has 34 heavy (non-hydrogen) atoms. The molecule has 0 bridgehead atoms. The van der Waals surface area contributed by atoms with Crippen molar-refractivity contribution in [3.8, 4) is 0 Å². The summed E-state index contributed by atoms with van der Waals surface area (Å²) in [6, 6.07) is 21.8. The minimum atomic E-state index is -0.340. The maximum atomic E-state index is 13.5. The summed E-state index contributed by atoms with van der Waals surface area (Å²) in [7, 11) is 0. The van der Waals surface area contributed by atoms with Gasteiger partial charge in [0.2, 0.25) is 11.8 Å². The molecule has 3 aromatic rings. The number of nitrogens with zero attached hydrogens (tertiary/aromatic N) is 2. The predicted octanol–water partition coefficient (Wildman–Crippen LogP) is 4.09. The number of fused-ring (bicyclic) bond motifs is 2. The molecule has 0 aliphatic carbocycles. The number of amidine groups is 1. The largest absolute Gasteiger partial charge is 0.325 e. The second-order valence-electron chi connectivity index (χ2n) is 8.77. The molecule has 0 saturated carbocycles. The van der Waals surface area contributed by atoms with Gasteiger partial charge in [-0.3, -0.25) is 19.9 Å². The number of hydrogen-bond acceptors (Lipinski definition) is 6. The molecule has 174 valence electrons. The molecule has 1 fully saturated rings. The summed E-state index contributed by atoms with van der Waals surface area (Å²) in [5.74, 6) is 0.113. The lowest BCUT2D eigenvalue weighted by Crippen LogP contribution is -2.49. The highest BCUT2D eigenvalue weighted by atomic mass is 32.2. The zero-order valence-corrected chi connectivity index (χ0v) is 19.9. The van der Waals surface area contributed by atoms with Crippen LogP contribution in [0.3, 0.4) is 0 Å².